The molecule has 2 aromatic rings. The number of para-hydroxylation sites is 2. The summed E-state index contributed by atoms with van der Waals surface area (Å²) in [6.07, 6.45) is 0.875. The number of methoxy groups -OCH3 is 2. The first kappa shape index (κ1) is 15.2. The Hall–Kier alpha value is -2.69. The predicted octanol–water partition coefficient (Wildman–Crippen LogP) is 2.67. The monoisotopic (exact) mass is 313 g/mol. The molecule has 0 saturated heterocycles. The van der Waals surface area contributed by atoms with Crippen molar-refractivity contribution in [1.82, 2.24) is 0 Å². The van der Waals surface area contributed by atoms with Crippen LogP contribution in [0.2, 0.25) is 0 Å². The number of ether oxygens (including phenoxy) is 3. The molecule has 3 rings (SSSR count). The van der Waals surface area contributed by atoms with E-state index in [9.17, 15) is 4.79 Å². The number of carbonyl (C=O) groups is 1. The standard InChI is InChI=1S/C18H19NO4/c1-21-15-8-5-9-16(22-2)18(15)23-12-17(20)19-11-10-13-6-3-4-7-14(13)19/h3-9H,10-12H2,1-2H3. The van der Waals surface area contributed by atoms with Crippen LogP contribution in [-0.2, 0) is 11.2 Å². The van der Waals surface area contributed by atoms with Crippen molar-refractivity contribution in [3.05, 3.63) is 48.0 Å². The van der Waals surface area contributed by atoms with Gasteiger partial charge >= 0.3 is 0 Å². The number of fused-ring (bicyclic) bond motifs is 1. The molecule has 5 nitrogen and oxygen atoms in total. The van der Waals surface area contributed by atoms with Crippen LogP contribution < -0.4 is 19.1 Å². The van der Waals surface area contributed by atoms with Crippen LogP contribution in [0.3, 0.4) is 0 Å². The number of carbonyl (C=O) groups excluding carboxylic acids is 1. The first-order chi connectivity index (χ1) is 11.2. The summed E-state index contributed by atoms with van der Waals surface area (Å²) in [5.74, 6) is 1.44. The third-order valence-corrected chi connectivity index (χ3v) is 3.91. The number of rotatable bonds is 5. The van der Waals surface area contributed by atoms with Crippen LogP contribution in [0.1, 0.15) is 5.56 Å². The van der Waals surface area contributed by atoms with Crippen LogP contribution >= 0.6 is 0 Å². The Labute approximate surface area is 135 Å². The van der Waals surface area contributed by atoms with Crippen molar-refractivity contribution in [3.63, 3.8) is 0 Å². The number of amides is 1. The Kier molecular flexibility index (Phi) is 4.37. The topological polar surface area (TPSA) is 48.0 Å². The lowest BCUT2D eigenvalue weighted by molar-refractivity contribution is -0.120. The molecule has 2 aromatic carbocycles. The van der Waals surface area contributed by atoms with Gasteiger partial charge in [-0.05, 0) is 30.2 Å². The molecule has 0 atom stereocenters. The molecule has 5 heteroatoms. The summed E-state index contributed by atoms with van der Waals surface area (Å²) in [6, 6.07) is 13.3. The SMILES string of the molecule is COc1cccc(OC)c1OCC(=O)N1CCc2ccccc21. The van der Waals surface area contributed by atoms with Gasteiger partial charge in [-0.15, -0.1) is 0 Å². The summed E-state index contributed by atoms with van der Waals surface area (Å²) in [7, 11) is 3.11. The molecule has 0 aliphatic carbocycles. The summed E-state index contributed by atoms with van der Waals surface area (Å²) < 4.78 is 16.2. The summed E-state index contributed by atoms with van der Waals surface area (Å²) in [5, 5.41) is 0. The molecular weight excluding hydrogens is 294 g/mol. The molecule has 0 N–H and O–H groups in total. The highest BCUT2D eigenvalue weighted by Gasteiger charge is 2.25. The fraction of sp³-hybridized carbons (Fsp3) is 0.278. The molecule has 1 heterocycles. The van der Waals surface area contributed by atoms with Gasteiger partial charge in [0.1, 0.15) is 0 Å². The van der Waals surface area contributed by atoms with Crippen LogP contribution in [0.5, 0.6) is 17.2 Å². The second-order valence-electron chi connectivity index (χ2n) is 5.20. The van der Waals surface area contributed by atoms with Gasteiger partial charge in [-0.2, -0.15) is 0 Å². The Morgan fingerprint density at radius 1 is 1.04 bits per heavy atom. The first-order valence-electron chi connectivity index (χ1n) is 7.46. The maximum Gasteiger partial charge on any atom is 0.264 e. The van der Waals surface area contributed by atoms with Gasteiger partial charge in [-0.1, -0.05) is 24.3 Å². The minimum Gasteiger partial charge on any atom is -0.493 e. The molecule has 120 valence electrons. The van der Waals surface area contributed by atoms with E-state index in [1.807, 2.05) is 30.3 Å². The van der Waals surface area contributed by atoms with Crippen molar-refractivity contribution in [1.29, 1.82) is 0 Å². The average molecular weight is 313 g/mol. The molecule has 1 amide bonds. The van der Waals surface area contributed by atoms with Gasteiger partial charge in [0.2, 0.25) is 5.75 Å². The molecule has 0 bridgehead atoms. The predicted molar refractivity (Wildman–Crippen MR) is 87.5 cm³/mol. The van der Waals surface area contributed by atoms with Crippen LogP contribution in [0.15, 0.2) is 42.5 Å². The Morgan fingerprint density at radius 2 is 1.74 bits per heavy atom. The summed E-state index contributed by atoms with van der Waals surface area (Å²) in [4.78, 5) is 14.3. The van der Waals surface area contributed by atoms with Crippen LogP contribution in [0.4, 0.5) is 5.69 Å². The second kappa shape index (κ2) is 6.60. The smallest absolute Gasteiger partial charge is 0.264 e. The van der Waals surface area contributed by atoms with Gasteiger partial charge in [0.05, 0.1) is 14.2 Å². The summed E-state index contributed by atoms with van der Waals surface area (Å²) >= 11 is 0. The highest BCUT2D eigenvalue weighted by atomic mass is 16.5. The van der Waals surface area contributed by atoms with E-state index in [2.05, 4.69) is 0 Å². The average Bonchev–Trinajstić information content (AvgIpc) is 3.03. The quantitative estimate of drug-likeness (QED) is 0.851. The Balaban J connectivity index is 1.74. The first-order valence-corrected chi connectivity index (χ1v) is 7.46. The highest BCUT2D eigenvalue weighted by Crippen LogP contribution is 2.37. The minimum absolute atomic E-state index is 0.0644. The van der Waals surface area contributed by atoms with E-state index < -0.39 is 0 Å². The number of hydrogen-bond acceptors (Lipinski definition) is 4. The van der Waals surface area contributed by atoms with Gasteiger partial charge in [0, 0.05) is 12.2 Å². The Morgan fingerprint density at radius 3 is 2.43 bits per heavy atom. The minimum atomic E-state index is -0.0806. The van der Waals surface area contributed by atoms with Crippen molar-refractivity contribution in [2.24, 2.45) is 0 Å². The van der Waals surface area contributed by atoms with Crippen molar-refractivity contribution in [2.45, 2.75) is 6.42 Å². The zero-order valence-corrected chi connectivity index (χ0v) is 13.2. The van der Waals surface area contributed by atoms with E-state index in [1.165, 1.54) is 5.56 Å². The van der Waals surface area contributed by atoms with Gasteiger partial charge in [-0.3, -0.25) is 4.79 Å². The van der Waals surface area contributed by atoms with Crippen LogP contribution in [-0.4, -0.2) is 33.3 Å². The third kappa shape index (κ3) is 2.95. The van der Waals surface area contributed by atoms with Gasteiger partial charge in [0.25, 0.3) is 5.91 Å². The van der Waals surface area contributed by atoms with Gasteiger partial charge in [-0.25, -0.2) is 0 Å². The molecule has 0 spiro atoms. The van der Waals surface area contributed by atoms with E-state index in [4.69, 9.17) is 14.2 Å². The molecule has 0 saturated carbocycles. The van der Waals surface area contributed by atoms with E-state index in [0.717, 1.165) is 12.1 Å². The number of nitrogens with zero attached hydrogens (tertiary/aromatic N) is 1. The number of anilines is 1. The van der Waals surface area contributed by atoms with Crippen molar-refractivity contribution in [2.75, 3.05) is 32.3 Å². The fourth-order valence-corrected chi connectivity index (χ4v) is 2.77. The summed E-state index contributed by atoms with van der Waals surface area (Å²) in [6.45, 7) is 0.621. The largest absolute Gasteiger partial charge is 0.493 e. The van der Waals surface area contributed by atoms with Crippen molar-refractivity contribution in [3.8, 4) is 17.2 Å². The second-order valence-corrected chi connectivity index (χ2v) is 5.20. The van der Waals surface area contributed by atoms with Crippen molar-refractivity contribution < 1.29 is 19.0 Å². The molecule has 0 unspecified atom stereocenters. The van der Waals surface area contributed by atoms with E-state index in [0.29, 0.717) is 23.8 Å². The summed E-state index contributed by atoms with van der Waals surface area (Å²) in [5.41, 5.74) is 2.16. The van der Waals surface area contributed by atoms with Gasteiger partial charge in [0.15, 0.2) is 18.1 Å². The molecule has 0 radical (unpaired) electrons. The lowest BCUT2D eigenvalue weighted by Crippen LogP contribution is -2.33. The molecule has 0 aromatic heterocycles. The molecule has 1 aliphatic heterocycles. The maximum absolute atomic E-state index is 12.5. The molecule has 1 aliphatic rings. The zero-order valence-electron chi connectivity index (χ0n) is 13.2. The van der Waals surface area contributed by atoms with E-state index >= 15 is 0 Å². The zero-order chi connectivity index (χ0) is 16.2. The van der Waals surface area contributed by atoms with Gasteiger partial charge < -0.3 is 19.1 Å². The Bertz CT molecular complexity index is 692. The highest BCUT2D eigenvalue weighted by molar-refractivity contribution is 5.96. The van der Waals surface area contributed by atoms with E-state index in [-0.39, 0.29) is 12.5 Å². The van der Waals surface area contributed by atoms with Crippen molar-refractivity contribution >= 4 is 11.6 Å². The molecule has 23 heavy (non-hydrogen) atoms. The maximum atomic E-state index is 12.5. The molecular formula is C18H19NO4. The third-order valence-electron chi connectivity index (χ3n) is 3.91. The lowest BCUT2D eigenvalue weighted by Gasteiger charge is -2.19. The fourth-order valence-electron chi connectivity index (χ4n) is 2.77. The number of benzene rings is 2. The van der Waals surface area contributed by atoms with Crippen LogP contribution in [0.25, 0.3) is 0 Å². The number of hydrogen-bond donors (Lipinski definition) is 0. The van der Waals surface area contributed by atoms with E-state index in [1.54, 1.807) is 31.3 Å². The van der Waals surface area contributed by atoms with Crippen LogP contribution in [0, 0.1) is 0 Å². The normalized spacial score (nSPS) is 12.7. The molecule has 0 fully saturated rings. The lowest BCUT2D eigenvalue weighted by atomic mass is 10.2.